The molecule has 0 spiro atoms. The lowest BCUT2D eigenvalue weighted by atomic mass is 10.0. The Bertz CT molecular complexity index is 404. The highest BCUT2D eigenvalue weighted by Gasteiger charge is 2.25. The van der Waals surface area contributed by atoms with E-state index in [4.69, 9.17) is 0 Å². The first-order chi connectivity index (χ1) is 10.1. The first-order valence-electron chi connectivity index (χ1n) is 7.94. The number of nitrogens with zero attached hydrogens (tertiary/aromatic N) is 1. The second-order valence-corrected chi connectivity index (χ2v) is 5.24. The van der Waals surface area contributed by atoms with Crippen LogP contribution in [0.4, 0.5) is 0 Å². The van der Waals surface area contributed by atoms with Crippen molar-refractivity contribution in [2.75, 3.05) is 26.2 Å². The van der Waals surface area contributed by atoms with Gasteiger partial charge in [-0.15, -0.1) is 0 Å². The highest BCUT2D eigenvalue weighted by atomic mass is 16.2. The summed E-state index contributed by atoms with van der Waals surface area (Å²) >= 11 is 0. The van der Waals surface area contributed by atoms with Crippen molar-refractivity contribution in [3.05, 3.63) is 35.9 Å². The normalized spacial score (nSPS) is 14.0. The van der Waals surface area contributed by atoms with Crippen LogP contribution in [-0.4, -0.2) is 43.0 Å². The Morgan fingerprint density at radius 1 is 1.14 bits per heavy atom. The van der Waals surface area contributed by atoms with E-state index in [0.29, 0.717) is 6.54 Å². The molecule has 0 bridgehead atoms. The number of rotatable bonds is 9. The minimum absolute atomic E-state index is 0.0784. The molecule has 0 radical (unpaired) electrons. The highest BCUT2D eigenvalue weighted by Crippen LogP contribution is 2.20. The fourth-order valence-electron chi connectivity index (χ4n) is 2.52. The first kappa shape index (κ1) is 17.7. The molecule has 0 aromatic heterocycles. The summed E-state index contributed by atoms with van der Waals surface area (Å²) in [5.74, 6) is 0.0784. The number of benzene rings is 1. The molecule has 0 aliphatic heterocycles. The zero-order valence-corrected chi connectivity index (χ0v) is 13.7. The molecular weight excluding hydrogens is 262 g/mol. The van der Waals surface area contributed by atoms with Crippen LogP contribution in [0.5, 0.6) is 0 Å². The van der Waals surface area contributed by atoms with Crippen molar-refractivity contribution in [2.24, 2.45) is 0 Å². The third-order valence-corrected chi connectivity index (χ3v) is 3.68. The van der Waals surface area contributed by atoms with E-state index >= 15 is 0 Å². The van der Waals surface area contributed by atoms with Crippen molar-refractivity contribution in [2.45, 2.75) is 39.8 Å². The molecule has 0 aliphatic carbocycles. The molecule has 0 saturated carbocycles. The SMILES string of the molecule is CCN[C@H](C)CNC(=O)C(c1ccccc1)N(CC)CC. The quantitative estimate of drug-likeness (QED) is 0.733. The van der Waals surface area contributed by atoms with Crippen LogP contribution in [0.15, 0.2) is 30.3 Å². The Balaban J connectivity index is 2.79. The molecule has 4 heteroatoms. The molecule has 1 unspecified atom stereocenters. The summed E-state index contributed by atoms with van der Waals surface area (Å²) in [6.07, 6.45) is 0. The Hall–Kier alpha value is -1.39. The molecule has 1 rings (SSSR count). The maximum Gasteiger partial charge on any atom is 0.242 e. The summed E-state index contributed by atoms with van der Waals surface area (Å²) in [5.41, 5.74) is 1.05. The lowest BCUT2D eigenvalue weighted by Gasteiger charge is -2.29. The molecule has 1 aromatic carbocycles. The van der Waals surface area contributed by atoms with Gasteiger partial charge in [-0.3, -0.25) is 9.69 Å². The van der Waals surface area contributed by atoms with E-state index < -0.39 is 0 Å². The summed E-state index contributed by atoms with van der Waals surface area (Å²) < 4.78 is 0. The second-order valence-electron chi connectivity index (χ2n) is 5.24. The number of likely N-dealkylation sites (N-methyl/N-ethyl adjacent to an activating group) is 2. The van der Waals surface area contributed by atoms with E-state index in [2.05, 4.69) is 43.2 Å². The highest BCUT2D eigenvalue weighted by molar-refractivity contribution is 5.83. The maximum absolute atomic E-state index is 12.6. The molecular formula is C17H29N3O. The van der Waals surface area contributed by atoms with E-state index in [1.165, 1.54) is 0 Å². The Morgan fingerprint density at radius 2 is 1.76 bits per heavy atom. The smallest absolute Gasteiger partial charge is 0.242 e. The zero-order valence-electron chi connectivity index (χ0n) is 13.7. The van der Waals surface area contributed by atoms with Gasteiger partial charge in [0.1, 0.15) is 6.04 Å². The molecule has 2 N–H and O–H groups in total. The number of carbonyl (C=O) groups is 1. The van der Waals surface area contributed by atoms with Crippen molar-refractivity contribution in [3.63, 3.8) is 0 Å². The largest absolute Gasteiger partial charge is 0.353 e. The summed E-state index contributed by atoms with van der Waals surface area (Å²) in [4.78, 5) is 14.8. The number of carbonyl (C=O) groups excluding carboxylic acids is 1. The predicted molar refractivity (Wildman–Crippen MR) is 88.3 cm³/mol. The van der Waals surface area contributed by atoms with Gasteiger partial charge in [-0.1, -0.05) is 51.1 Å². The monoisotopic (exact) mass is 291 g/mol. The molecule has 21 heavy (non-hydrogen) atoms. The summed E-state index contributed by atoms with van der Waals surface area (Å²) in [7, 11) is 0. The fourth-order valence-corrected chi connectivity index (χ4v) is 2.52. The standard InChI is InChI=1S/C17H29N3O/c1-5-18-14(4)13-19-17(21)16(20(6-2)7-3)15-11-9-8-10-12-15/h8-12,14,16,18H,5-7,13H2,1-4H3,(H,19,21)/t14-,16?/m1/s1. The fraction of sp³-hybridized carbons (Fsp3) is 0.588. The average Bonchev–Trinajstić information content (AvgIpc) is 2.51. The van der Waals surface area contributed by atoms with Gasteiger partial charge in [0.15, 0.2) is 0 Å². The Morgan fingerprint density at radius 3 is 2.29 bits per heavy atom. The van der Waals surface area contributed by atoms with Gasteiger partial charge < -0.3 is 10.6 Å². The molecule has 2 atom stereocenters. The van der Waals surface area contributed by atoms with Crippen LogP contribution in [0.3, 0.4) is 0 Å². The van der Waals surface area contributed by atoms with Crippen LogP contribution < -0.4 is 10.6 Å². The van der Waals surface area contributed by atoms with E-state index in [-0.39, 0.29) is 18.0 Å². The van der Waals surface area contributed by atoms with E-state index in [1.54, 1.807) is 0 Å². The third-order valence-electron chi connectivity index (χ3n) is 3.68. The molecule has 1 aromatic rings. The maximum atomic E-state index is 12.6. The molecule has 4 nitrogen and oxygen atoms in total. The molecule has 1 amide bonds. The van der Waals surface area contributed by atoms with Crippen LogP contribution in [-0.2, 0) is 4.79 Å². The van der Waals surface area contributed by atoms with Gasteiger partial charge in [-0.25, -0.2) is 0 Å². The lowest BCUT2D eigenvalue weighted by Crippen LogP contribution is -2.45. The van der Waals surface area contributed by atoms with Gasteiger partial charge in [-0.2, -0.15) is 0 Å². The van der Waals surface area contributed by atoms with Crippen LogP contribution in [0.1, 0.15) is 39.3 Å². The van der Waals surface area contributed by atoms with Crippen LogP contribution in [0.25, 0.3) is 0 Å². The summed E-state index contributed by atoms with van der Waals surface area (Å²) in [6.45, 7) is 11.6. The molecule has 0 fully saturated rings. The van der Waals surface area contributed by atoms with Crippen LogP contribution in [0.2, 0.25) is 0 Å². The number of nitrogens with one attached hydrogen (secondary N) is 2. The first-order valence-corrected chi connectivity index (χ1v) is 7.94. The summed E-state index contributed by atoms with van der Waals surface area (Å²) in [6, 6.07) is 10.1. The van der Waals surface area contributed by atoms with E-state index in [0.717, 1.165) is 25.2 Å². The van der Waals surface area contributed by atoms with Gasteiger partial charge >= 0.3 is 0 Å². The van der Waals surface area contributed by atoms with Gasteiger partial charge in [-0.05, 0) is 32.1 Å². The van der Waals surface area contributed by atoms with Crippen molar-refractivity contribution < 1.29 is 4.79 Å². The van der Waals surface area contributed by atoms with Crippen LogP contribution in [0, 0.1) is 0 Å². The van der Waals surface area contributed by atoms with Crippen molar-refractivity contribution in [1.82, 2.24) is 15.5 Å². The van der Waals surface area contributed by atoms with E-state index in [1.807, 2.05) is 30.3 Å². The Kier molecular flexibility index (Phi) is 8.01. The third kappa shape index (κ3) is 5.48. The van der Waals surface area contributed by atoms with Gasteiger partial charge in [0.2, 0.25) is 5.91 Å². The number of amides is 1. The van der Waals surface area contributed by atoms with Gasteiger partial charge in [0, 0.05) is 12.6 Å². The second kappa shape index (κ2) is 9.53. The van der Waals surface area contributed by atoms with Crippen molar-refractivity contribution in [3.8, 4) is 0 Å². The molecule has 0 saturated heterocycles. The van der Waals surface area contributed by atoms with Crippen LogP contribution >= 0.6 is 0 Å². The number of hydrogen-bond donors (Lipinski definition) is 2. The number of hydrogen-bond acceptors (Lipinski definition) is 3. The lowest BCUT2D eigenvalue weighted by molar-refractivity contribution is -0.126. The minimum atomic E-state index is -0.213. The minimum Gasteiger partial charge on any atom is -0.353 e. The Labute approximate surface area is 128 Å². The van der Waals surface area contributed by atoms with Gasteiger partial charge in [0.25, 0.3) is 0 Å². The topological polar surface area (TPSA) is 44.4 Å². The average molecular weight is 291 g/mol. The predicted octanol–water partition coefficient (Wildman–Crippen LogP) is 2.18. The molecule has 118 valence electrons. The van der Waals surface area contributed by atoms with Crippen molar-refractivity contribution >= 4 is 5.91 Å². The summed E-state index contributed by atoms with van der Waals surface area (Å²) in [5, 5.41) is 6.38. The molecule has 0 aliphatic rings. The molecule has 0 heterocycles. The van der Waals surface area contributed by atoms with Crippen molar-refractivity contribution in [1.29, 1.82) is 0 Å². The zero-order chi connectivity index (χ0) is 15.7. The van der Waals surface area contributed by atoms with E-state index in [9.17, 15) is 4.79 Å². The van der Waals surface area contributed by atoms with Gasteiger partial charge in [0.05, 0.1) is 0 Å².